The Labute approximate surface area is 119 Å². The highest BCUT2D eigenvalue weighted by atomic mass is 79.9. The molecule has 2 rings (SSSR count). The van der Waals surface area contributed by atoms with E-state index in [2.05, 4.69) is 38.2 Å². The van der Waals surface area contributed by atoms with E-state index < -0.39 is 0 Å². The Morgan fingerprint density at radius 3 is 3.00 bits per heavy atom. The smallest absolute Gasteiger partial charge is 0.216 e. The zero-order chi connectivity index (χ0) is 13.0. The highest BCUT2D eigenvalue weighted by Crippen LogP contribution is 2.13. The van der Waals surface area contributed by atoms with Crippen molar-refractivity contribution in [2.24, 2.45) is 5.10 Å². The Morgan fingerprint density at radius 1 is 1.50 bits per heavy atom. The van der Waals surface area contributed by atoms with Crippen LogP contribution in [0.1, 0.15) is 24.7 Å². The van der Waals surface area contributed by atoms with E-state index in [1.807, 2.05) is 24.3 Å². The fourth-order valence-corrected chi connectivity index (χ4v) is 2.11. The first-order chi connectivity index (χ1) is 8.72. The number of nitrogens with zero attached hydrogens (tertiary/aromatic N) is 3. The van der Waals surface area contributed by atoms with Crippen LogP contribution in [0.25, 0.3) is 0 Å². The molecule has 0 spiro atoms. The Balaban J connectivity index is 2.32. The third kappa shape index (κ3) is 2.94. The highest BCUT2D eigenvalue weighted by Gasteiger charge is 2.03. The van der Waals surface area contributed by atoms with E-state index in [0.29, 0.717) is 4.77 Å². The molecule has 0 aliphatic rings. The lowest BCUT2D eigenvalue weighted by molar-refractivity contribution is 0.740. The third-order valence-corrected chi connectivity index (χ3v) is 3.39. The van der Waals surface area contributed by atoms with Gasteiger partial charge in [-0.1, -0.05) is 41.1 Å². The summed E-state index contributed by atoms with van der Waals surface area (Å²) in [5.74, 6) is 0.853. The van der Waals surface area contributed by atoms with E-state index in [0.717, 1.165) is 28.7 Å². The molecular weight excluding hydrogens is 312 g/mol. The molecule has 1 N–H and O–H groups in total. The maximum atomic E-state index is 5.15. The summed E-state index contributed by atoms with van der Waals surface area (Å²) in [6.07, 6.45) is 3.62. The summed E-state index contributed by atoms with van der Waals surface area (Å²) in [4.78, 5) is 0. The lowest BCUT2D eigenvalue weighted by atomic mass is 10.2. The largest absolute Gasteiger partial charge is 0.250 e. The van der Waals surface area contributed by atoms with Gasteiger partial charge in [0.2, 0.25) is 4.77 Å². The molecule has 0 atom stereocenters. The van der Waals surface area contributed by atoms with Gasteiger partial charge in [0, 0.05) is 16.5 Å². The Hall–Kier alpha value is -1.27. The molecule has 0 aliphatic heterocycles. The maximum absolute atomic E-state index is 5.15. The van der Waals surface area contributed by atoms with Gasteiger partial charge in [-0.3, -0.25) is 5.10 Å². The molecule has 0 saturated heterocycles. The van der Waals surface area contributed by atoms with Crippen LogP contribution in [0.3, 0.4) is 0 Å². The predicted octanol–water partition coefficient (Wildman–Crippen LogP) is 3.54. The number of benzene rings is 1. The first kappa shape index (κ1) is 13.2. The standard InChI is InChI=1S/C12H13BrN4S/c1-2-5-11-15-16-12(18)17(11)14-8-9-6-3-4-7-10(9)13/h3-4,6-8H,2,5H2,1H3,(H,16,18)/b14-8-. The number of H-pyrrole nitrogens is 1. The number of hydrogen-bond donors (Lipinski definition) is 1. The molecular formula is C12H13BrN4S. The van der Waals surface area contributed by atoms with Crippen LogP contribution in [0.5, 0.6) is 0 Å². The average molecular weight is 325 g/mol. The van der Waals surface area contributed by atoms with Crippen molar-refractivity contribution < 1.29 is 0 Å². The SMILES string of the molecule is CCCc1n[nH]c(=S)n1/N=C\c1ccccc1Br. The Morgan fingerprint density at radius 2 is 2.28 bits per heavy atom. The summed E-state index contributed by atoms with van der Waals surface area (Å²) in [5, 5.41) is 11.3. The Bertz CT molecular complexity index is 615. The number of rotatable bonds is 4. The minimum Gasteiger partial charge on any atom is -0.250 e. The monoisotopic (exact) mass is 324 g/mol. The summed E-state index contributed by atoms with van der Waals surface area (Å²) in [5.41, 5.74) is 1.00. The van der Waals surface area contributed by atoms with E-state index in [9.17, 15) is 0 Å². The molecule has 0 amide bonds. The van der Waals surface area contributed by atoms with E-state index in [1.165, 1.54) is 0 Å². The van der Waals surface area contributed by atoms with Crippen molar-refractivity contribution in [3.8, 4) is 0 Å². The first-order valence-corrected chi connectivity index (χ1v) is 6.87. The van der Waals surface area contributed by atoms with E-state index in [1.54, 1.807) is 10.9 Å². The number of nitrogens with one attached hydrogen (secondary N) is 1. The maximum Gasteiger partial charge on any atom is 0.216 e. The molecule has 94 valence electrons. The minimum atomic E-state index is 0.516. The molecule has 4 nitrogen and oxygen atoms in total. The predicted molar refractivity (Wildman–Crippen MR) is 78.5 cm³/mol. The van der Waals surface area contributed by atoms with Crippen molar-refractivity contribution in [1.82, 2.24) is 14.9 Å². The number of aryl methyl sites for hydroxylation is 1. The zero-order valence-electron chi connectivity index (χ0n) is 9.93. The van der Waals surface area contributed by atoms with Crippen molar-refractivity contribution in [3.63, 3.8) is 0 Å². The highest BCUT2D eigenvalue weighted by molar-refractivity contribution is 9.10. The quantitative estimate of drug-likeness (QED) is 0.690. The van der Waals surface area contributed by atoms with Gasteiger partial charge >= 0.3 is 0 Å². The average Bonchev–Trinajstić information content (AvgIpc) is 2.70. The number of hydrogen-bond acceptors (Lipinski definition) is 3. The molecule has 6 heteroatoms. The van der Waals surface area contributed by atoms with E-state index >= 15 is 0 Å². The van der Waals surface area contributed by atoms with Crippen LogP contribution in [-0.2, 0) is 6.42 Å². The number of aromatic amines is 1. The van der Waals surface area contributed by atoms with Gasteiger partial charge in [-0.2, -0.15) is 14.9 Å². The molecule has 1 heterocycles. The summed E-state index contributed by atoms with van der Waals surface area (Å²) in [6.45, 7) is 2.10. The van der Waals surface area contributed by atoms with Crippen LogP contribution < -0.4 is 0 Å². The second-order valence-electron chi connectivity index (χ2n) is 3.77. The summed E-state index contributed by atoms with van der Waals surface area (Å²) >= 11 is 8.63. The van der Waals surface area contributed by atoms with Gasteiger partial charge in [-0.25, -0.2) is 0 Å². The summed E-state index contributed by atoms with van der Waals surface area (Å²) in [6, 6.07) is 7.89. The molecule has 0 radical (unpaired) electrons. The van der Waals surface area contributed by atoms with Gasteiger partial charge < -0.3 is 0 Å². The van der Waals surface area contributed by atoms with Gasteiger partial charge in [-0.05, 0) is 24.7 Å². The molecule has 0 fully saturated rings. The lowest BCUT2D eigenvalue weighted by Gasteiger charge is -1.99. The molecule has 1 aromatic heterocycles. The topological polar surface area (TPSA) is 46.0 Å². The van der Waals surface area contributed by atoms with Gasteiger partial charge in [0.15, 0.2) is 5.82 Å². The fraction of sp³-hybridized carbons (Fsp3) is 0.250. The zero-order valence-corrected chi connectivity index (χ0v) is 12.3. The van der Waals surface area contributed by atoms with Gasteiger partial charge in [0.1, 0.15) is 0 Å². The van der Waals surface area contributed by atoms with Crippen molar-refractivity contribution in [2.45, 2.75) is 19.8 Å². The molecule has 0 unspecified atom stereocenters. The normalized spacial score (nSPS) is 11.2. The minimum absolute atomic E-state index is 0.516. The second-order valence-corrected chi connectivity index (χ2v) is 5.01. The molecule has 0 bridgehead atoms. The van der Waals surface area contributed by atoms with Crippen LogP contribution in [0.15, 0.2) is 33.8 Å². The van der Waals surface area contributed by atoms with Gasteiger partial charge in [0.25, 0.3) is 0 Å². The van der Waals surface area contributed by atoms with Crippen molar-refractivity contribution in [2.75, 3.05) is 0 Å². The van der Waals surface area contributed by atoms with Crippen LogP contribution in [0, 0.1) is 4.77 Å². The molecule has 18 heavy (non-hydrogen) atoms. The van der Waals surface area contributed by atoms with E-state index in [-0.39, 0.29) is 0 Å². The second kappa shape index (κ2) is 6.06. The lowest BCUT2D eigenvalue weighted by Crippen LogP contribution is -1.98. The third-order valence-electron chi connectivity index (χ3n) is 2.41. The molecule has 2 aromatic rings. The number of halogens is 1. The molecule has 1 aromatic carbocycles. The van der Waals surface area contributed by atoms with Crippen LogP contribution >= 0.6 is 28.1 Å². The molecule has 0 aliphatic carbocycles. The summed E-state index contributed by atoms with van der Waals surface area (Å²) in [7, 11) is 0. The Kier molecular flexibility index (Phi) is 4.43. The molecule has 0 saturated carbocycles. The van der Waals surface area contributed by atoms with Crippen molar-refractivity contribution >= 4 is 34.4 Å². The van der Waals surface area contributed by atoms with Crippen LogP contribution in [-0.4, -0.2) is 21.1 Å². The van der Waals surface area contributed by atoms with Gasteiger partial charge in [0.05, 0.1) is 6.21 Å². The number of aromatic nitrogens is 3. The van der Waals surface area contributed by atoms with E-state index in [4.69, 9.17) is 12.2 Å². The van der Waals surface area contributed by atoms with Crippen molar-refractivity contribution in [3.05, 3.63) is 44.9 Å². The van der Waals surface area contributed by atoms with Gasteiger partial charge in [-0.15, -0.1) is 0 Å². The van der Waals surface area contributed by atoms with Crippen molar-refractivity contribution in [1.29, 1.82) is 0 Å². The van der Waals surface area contributed by atoms with Crippen LogP contribution in [0.4, 0.5) is 0 Å². The fourth-order valence-electron chi connectivity index (χ4n) is 1.53. The summed E-state index contributed by atoms with van der Waals surface area (Å²) < 4.78 is 3.18. The first-order valence-electron chi connectivity index (χ1n) is 5.67. The van der Waals surface area contributed by atoms with Crippen LogP contribution in [0.2, 0.25) is 0 Å².